The molecule has 3 nitrogen and oxygen atoms in total. The molecule has 0 radical (unpaired) electrons. The number of amides is 1. The largest absolute Gasteiger partial charge is 0.496 e. The van der Waals surface area contributed by atoms with Gasteiger partial charge in [0.05, 0.1) is 12.7 Å². The summed E-state index contributed by atoms with van der Waals surface area (Å²) in [5.41, 5.74) is 0.465. The quantitative estimate of drug-likeness (QED) is 0.898. The van der Waals surface area contributed by atoms with Crippen molar-refractivity contribution in [3.05, 3.63) is 28.8 Å². The maximum Gasteiger partial charge on any atom is 0.255 e. The summed E-state index contributed by atoms with van der Waals surface area (Å²) in [4.78, 5) is 12.0. The number of ether oxygens (including phenoxy) is 1. The molecule has 1 unspecified atom stereocenters. The molecule has 4 heteroatoms. The molecule has 0 fully saturated rings. The van der Waals surface area contributed by atoms with E-state index >= 15 is 0 Å². The molecule has 0 spiro atoms. The smallest absolute Gasteiger partial charge is 0.255 e. The van der Waals surface area contributed by atoms with Gasteiger partial charge < -0.3 is 10.1 Å². The molecule has 1 amide bonds. The zero-order valence-corrected chi connectivity index (χ0v) is 11.3. The first-order valence-corrected chi connectivity index (χ1v) is 5.98. The minimum Gasteiger partial charge on any atom is -0.496 e. The van der Waals surface area contributed by atoms with E-state index in [9.17, 15) is 4.79 Å². The van der Waals surface area contributed by atoms with Crippen LogP contribution in [0.4, 0.5) is 0 Å². The third kappa shape index (κ3) is 3.63. The lowest BCUT2D eigenvalue weighted by Crippen LogP contribution is -2.36. The Balaban J connectivity index is 2.91. The van der Waals surface area contributed by atoms with Crippen molar-refractivity contribution >= 4 is 17.5 Å². The minimum atomic E-state index is -0.162. The van der Waals surface area contributed by atoms with Gasteiger partial charge in [-0.25, -0.2) is 0 Å². The lowest BCUT2D eigenvalue weighted by molar-refractivity contribution is 0.0927. The molecule has 0 aromatic heterocycles. The molecule has 1 rings (SSSR count). The summed E-state index contributed by atoms with van der Waals surface area (Å²) in [6, 6.07) is 5.11. The fourth-order valence-electron chi connectivity index (χ4n) is 1.31. The minimum absolute atomic E-state index is 0.103. The molecular weight excluding hydrogens is 238 g/mol. The van der Waals surface area contributed by atoms with Gasteiger partial charge in [-0.2, -0.15) is 0 Å². The number of halogens is 1. The highest BCUT2D eigenvalue weighted by molar-refractivity contribution is 6.31. The summed E-state index contributed by atoms with van der Waals surface area (Å²) in [7, 11) is 1.53. The fraction of sp³-hybridized carbons (Fsp3) is 0.462. The molecule has 0 saturated heterocycles. The summed E-state index contributed by atoms with van der Waals surface area (Å²) < 4.78 is 5.14. The van der Waals surface area contributed by atoms with E-state index in [1.807, 2.05) is 6.92 Å². The number of hydrogen-bond donors (Lipinski definition) is 1. The summed E-state index contributed by atoms with van der Waals surface area (Å²) >= 11 is 5.88. The van der Waals surface area contributed by atoms with Gasteiger partial charge in [-0.3, -0.25) is 4.79 Å². The SMILES string of the molecule is COc1ccc(Cl)cc1C(=O)NC(C)C(C)C. The molecule has 0 saturated carbocycles. The van der Waals surface area contributed by atoms with Gasteiger partial charge in [0.1, 0.15) is 5.75 Å². The van der Waals surface area contributed by atoms with Crippen LogP contribution in [0.5, 0.6) is 5.75 Å². The maximum atomic E-state index is 12.0. The zero-order chi connectivity index (χ0) is 13.0. The third-order valence-corrected chi connectivity index (χ3v) is 3.00. The number of methoxy groups -OCH3 is 1. The van der Waals surface area contributed by atoms with Crippen LogP contribution in [0.25, 0.3) is 0 Å². The Kier molecular flexibility index (Phi) is 4.82. The highest BCUT2D eigenvalue weighted by Crippen LogP contribution is 2.22. The van der Waals surface area contributed by atoms with E-state index in [1.165, 1.54) is 7.11 Å². The Hall–Kier alpha value is -1.22. The lowest BCUT2D eigenvalue weighted by Gasteiger charge is -2.18. The second-order valence-corrected chi connectivity index (χ2v) is 4.79. The lowest BCUT2D eigenvalue weighted by atomic mass is 10.1. The molecule has 1 atom stereocenters. The number of benzene rings is 1. The van der Waals surface area contributed by atoms with Gasteiger partial charge in [-0.15, -0.1) is 0 Å². The summed E-state index contributed by atoms with van der Waals surface area (Å²) in [6.45, 7) is 6.08. The average Bonchev–Trinajstić information content (AvgIpc) is 2.28. The van der Waals surface area contributed by atoms with Gasteiger partial charge in [0.25, 0.3) is 5.91 Å². The highest BCUT2D eigenvalue weighted by Gasteiger charge is 2.16. The number of carbonyl (C=O) groups excluding carboxylic acids is 1. The summed E-state index contributed by atoms with van der Waals surface area (Å²) in [5.74, 6) is 0.748. The van der Waals surface area contributed by atoms with E-state index in [4.69, 9.17) is 16.3 Å². The summed E-state index contributed by atoms with van der Waals surface area (Å²) in [6.07, 6.45) is 0. The highest BCUT2D eigenvalue weighted by atomic mass is 35.5. The predicted octanol–water partition coefficient (Wildman–Crippen LogP) is 3.12. The molecule has 1 aromatic rings. The number of hydrogen-bond acceptors (Lipinski definition) is 2. The molecule has 94 valence electrons. The van der Waals surface area contributed by atoms with Crippen molar-refractivity contribution in [3.8, 4) is 5.75 Å². The molecule has 1 aromatic carbocycles. The van der Waals surface area contributed by atoms with Crippen LogP contribution in [0.15, 0.2) is 18.2 Å². The van der Waals surface area contributed by atoms with Crippen molar-refractivity contribution in [1.82, 2.24) is 5.32 Å². The van der Waals surface area contributed by atoms with Crippen LogP contribution >= 0.6 is 11.6 Å². The van der Waals surface area contributed by atoms with Crippen molar-refractivity contribution < 1.29 is 9.53 Å². The number of rotatable bonds is 4. The topological polar surface area (TPSA) is 38.3 Å². The average molecular weight is 256 g/mol. The second-order valence-electron chi connectivity index (χ2n) is 4.35. The monoisotopic (exact) mass is 255 g/mol. The molecule has 0 heterocycles. The van der Waals surface area contributed by atoms with Gasteiger partial charge in [-0.05, 0) is 31.0 Å². The maximum absolute atomic E-state index is 12.0. The molecule has 1 N–H and O–H groups in total. The van der Waals surface area contributed by atoms with Gasteiger partial charge in [0.2, 0.25) is 0 Å². The Morgan fingerprint density at radius 2 is 2.00 bits per heavy atom. The summed E-state index contributed by atoms with van der Waals surface area (Å²) in [5, 5.41) is 3.44. The standard InChI is InChI=1S/C13H18ClNO2/c1-8(2)9(3)15-13(16)11-7-10(14)5-6-12(11)17-4/h5-9H,1-4H3,(H,15,16). The van der Waals surface area contributed by atoms with E-state index in [0.29, 0.717) is 22.3 Å². The van der Waals surface area contributed by atoms with Gasteiger partial charge in [0.15, 0.2) is 0 Å². The first-order valence-electron chi connectivity index (χ1n) is 5.60. The van der Waals surface area contributed by atoms with Crippen LogP contribution in [0.2, 0.25) is 5.02 Å². The van der Waals surface area contributed by atoms with Crippen molar-refractivity contribution in [2.24, 2.45) is 5.92 Å². The third-order valence-electron chi connectivity index (χ3n) is 2.76. The van der Waals surface area contributed by atoms with Gasteiger partial charge in [-0.1, -0.05) is 25.4 Å². The Bertz CT molecular complexity index is 404. The van der Waals surface area contributed by atoms with Crippen molar-refractivity contribution in [1.29, 1.82) is 0 Å². The molecule has 0 aliphatic carbocycles. The van der Waals surface area contributed by atoms with Crippen molar-refractivity contribution in [2.75, 3.05) is 7.11 Å². The second kappa shape index (κ2) is 5.92. The zero-order valence-electron chi connectivity index (χ0n) is 10.6. The van der Waals surface area contributed by atoms with Crippen molar-refractivity contribution in [2.45, 2.75) is 26.8 Å². The Morgan fingerprint density at radius 3 is 2.53 bits per heavy atom. The van der Waals surface area contributed by atoms with Crippen LogP contribution in [0, 0.1) is 5.92 Å². The van der Waals surface area contributed by atoms with Crippen LogP contribution < -0.4 is 10.1 Å². The van der Waals surface area contributed by atoms with Crippen LogP contribution in [0.1, 0.15) is 31.1 Å². The van der Waals surface area contributed by atoms with E-state index in [-0.39, 0.29) is 11.9 Å². The first-order chi connectivity index (χ1) is 7.95. The molecule has 0 bridgehead atoms. The van der Waals surface area contributed by atoms with E-state index < -0.39 is 0 Å². The Labute approximate surface area is 107 Å². The van der Waals surface area contributed by atoms with Crippen LogP contribution in [-0.2, 0) is 0 Å². The van der Waals surface area contributed by atoms with E-state index in [0.717, 1.165) is 0 Å². The van der Waals surface area contributed by atoms with Gasteiger partial charge in [0, 0.05) is 11.1 Å². The van der Waals surface area contributed by atoms with E-state index in [2.05, 4.69) is 19.2 Å². The predicted molar refractivity (Wildman–Crippen MR) is 69.8 cm³/mol. The Morgan fingerprint density at radius 1 is 1.35 bits per heavy atom. The number of carbonyl (C=O) groups is 1. The first kappa shape index (κ1) is 13.8. The van der Waals surface area contributed by atoms with Crippen LogP contribution in [0.3, 0.4) is 0 Å². The molecule has 17 heavy (non-hydrogen) atoms. The van der Waals surface area contributed by atoms with Crippen molar-refractivity contribution in [3.63, 3.8) is 0 Å². The normalized spacial score (nSPS) is 12.4. The van der Waals surface area contributed by atoms with E-state index in [1.54, 1.807) is 18.2 Å². The molecular formula is C13H18ClNO2. The van der Waals surface area contributed by atoms with Gasteiger partial charge >= 0.3 is 0 Å². The molecule has 0 aliphatic heterocycles. The van der Waals surface area contributed by atoms with Crippen LogP contribution in [-0.4, -0.2) is 19.1 Å². The molecule has 0 aliphatic rings. The number of nitrogens with one attached hydrogen (secondary N) is 1. The fourth-order valence-corrected chi connectivity index (χ4v) is 1.48.